The first-order valence-electron chi connectivity index (χ1n) is 10.6. The topological polar surface area (TPSA) is 87.7 Å². The van der Waals surface area contributed by atoms with Crippen molar-refractivity contribution in [2.24, 2.45) is 4.99 Å². The number of hydrogen-bond donors (Lipinski definition) is 2. The van der Waals surface area contributed by atoms with Gasteiger partial charge in [-0.25, -0.2) is 4.79 Å². The van der Waals surface area contributed by atoms with Crippen molar-refractivity contribution in [3.05, 3.63) is 0 Å². The third-order valence-corrected chi connectivity index (χ3v) is 4.38. The lowest BCUT2D eigenvalue weighted by Gasteiger charge is -2.35. The Morgan fingerprint density at radius 2 is 1.63 bits per heavy atom. The van der Waals surface area contributed by atoms with E-state index in [1.807, 2.05) is 20.8 Å². The lowest BCUT2D eigenvalue weighted by molar-refractivity contribution is 0.0145. The van der Waals surface area contributed by atoms with Crippen LogP contribution < -0.4 is 10.6 Å². The van der Waals surface area contributed by atoms with Gasteiger partial charge in [0.05, 0.1) is 13.2 Å². The molecule has 1 aliphatic rings. The summed E-state index contributed by atoms with van der Waals surface area (Å²) in [5.41, 5.74) is -0.441. The molecule has 0 saturated carbocycles. The number of ether oxygens (including phenoxy) is 3. The van der Waals surface area contributed by atoms with Gasteiger partial charge in [0.1, 0.15) is 5.60 Å². The first kappa shape index (κ1) is 29.1. The number of halogens is 1. The fourth-order valence-electron chi connectivity index (χ4n) is 2.84. The zero-order valence-electron chi connectivity index (χ0n) is 19.4. The van der Waals surface area contributed by atoms with Crippen molar-refractivity contribution in [1.82, 2.24) is 20.4 Å². The van der Waals surface area contributed by atoms with Gasteiger partial charge in [0.25, 0.3) is 0 Å². The molecule has 0 radical (unpaired) electrons. The molecule has 0 atom stereocenters. The quantitative estimate of drug-likeness (QED) is 0.178. The number of methoxy groups -OCH3 is 1. The highest BCUT2D eigenvalue weighted by molar-refractivity contribution is 14.0. The Morgan fingerprint density at radius 1 is 1.00 bits per heavy atom. The van der Waals surface area contributed by atoms with E-state index >= 15 is 0 Å². The molecule has 1 fully saturated rings. The van der Waals surface area contributed by atoms with Gasteiger partial charge < -0.3 is 29.7 Å². The van der Waals surface area contributed by atoms with Gasteiger partial charge in [0.15, 0.2) is 5.96 Å². The SMILES string of the molecule is CN=C(NCCCOCCOC)NCCCN1CCN(C(=O)OC(C)(C)C)CC1.I. The molecule has 2 N–H and O–H groups in total. The minimum Gasteiger partial charge on any atom is -0.444 e. The molecule has 1 heterocycles. The summed E-state index contributed by atoms with van der Waals surface area (Å²) in [6, 6.07) is 0. The fraction of sp³-hybridized carbons (Fsp3) is 0.900. The third kappa shape index (κ3) is 14.2. The van der Waals surface area contributed by atoms with Crippen LogP contribution in [0.25, 0.3) is 0 Å². The van der Waals surface area contributed by atoms with Crippen LogP contribution >= 0.6 is 24.0 Å². The summed E-state index contributed by atoms with van der Waals surface area (Å²) < 4.78 is 15.8. The molecule has 1 amide bonds. The zero-order valence-corrected chi connectivity index (χ0v) is 21.7. The summed E-state index contributed by atoms with van der Waals surface area (Å²) in [7, 11) is 3.45. The van der Waals surface area contributed by atoms with Crippen LogP contribution in [0.4, 0.5) is 4.79 Å². The van der Waals surface area contributed by atoms with E-state index in [1.165, 1.54) is 0 Å². The van der Waals surface area contributed by atoms with Gasteiger partial charge >= 0.3 is 6.09 Å². The van der Waals surface area contributed by atoms with Gasteiger partial charge in [0.2, 0.25) is 0 Å². The van der Waals surface area contributed by atoms with Crippen LogP contribution in [0.3, 0.4) is 0 Å². The summed E-state index contributed by atoms with van der Waals surface area (Å²) in [6.45, 7) is 13.6. The van der Waals surface area contributed by atoms with E-state index in [9.17, 15) is 4.79 Å². The maximum Gasteiger partial charge on any atom is 0.410 e. The maximum absolute atomic E-state index is 12.1. The lowest BCUT2D eigenvalue weighted by Crippen LogP contribution is -2.50. The highest BCUT2D eigenvalue weighted by atomic mass is 127. The first-order valence-corrected chi connectivity index (χ1v) is 10.6. The van der Waals surface area contributed by atoms with Gasteiger partial charge in [-0.2, -0.15) is 0 Å². The third-order valence-electron chi connectivity index (χ3n) is 4.38. The molecule has 1 aliphatic heterocycles. The molecule has 9 nitrogen and oxygen atoms in total. The molecular formula is C20H42IN5O4. The number of piperazine rings is 1. The normalized spacial score (nSPS) is 15.5. The Labute approximate surface area is 199 Å². The fourth-order valence-corrected chi connectivity index (χ4v) is 2.84. The molecule has 30 heavy (non-hydrogen) atoms. The van der Waals surface area contributed by atoms with Crippen molar-refractivity contribution in [1.29, 1.82) is 0 Å². The number of nitrogens with one attached hydrogen (secondary N) is 2. The smallest absolute Gasteiger partial charge is 0.410 e. The predicted octanol–water partition coefficient (Wildman–Crippen LogP) is 1.77. The lowest BCUT2D eigenvalue weighted by atomic mass is 10.2. The van der Waals surface area contributed by atoms with E-state index < -0.39 is 5.60 Å². The van der Waals surface area contributed by atoms with Crippen LogP contribution in [-0.2, 0) is 14.2 Å². The number of rotatable bonds is 11. The first-order chi connectivity index (χ1) is 13.9. The number of aliphatic imine (C=N–C) groups is 1. The second kappa shape index (κ2) is 16.8. The molecule has 0 unspecified atom stereocenters. The van der Waals surface area contributed by atoms with Crippen molar-refractivity contribution < 1.29 is 19.0 Å². The van der Waals surface area contributed by atoms with Crippen molar-refractivity contribution in [3.63, 3.8) is 0 Å². The van der Waals surface area contributed by atoms with Gasteiger partial charge in [0, 0.05) is 60.0 Å². The molecule has 178 valence electrons. The average molecular weight is 543 g/mol. The van der Waals surface area contributed by atoms with E-state index in [-0.39, 0.29) is 30.1 Å². The Hall–Kier alpha value is -0.850. The summed E-state index contributed by atoms with van der Waals surface area (Å²) >= 11 is 0. The van der Waals surface area contributed by atoms with Crippen LogP contribution in [0.2, 0.25) is 0 Å². The molecule has 0 aliphatic carbocycles. The molecule has 1 rings (SSSR count). The van der Waals surface area contributed by atoms with Crippen molar-refractivity contribution >= 4 is 36.0 Å². The van der Waals surface area contributed by atoms with Gasteiger partial charge in [-0.15, -0.1) is 24.0 Å². The Morgan fingerprint density at radius 3 is 2.20 bits per heavy atom. The highest BCUT2D eigenvalue weighted by Crippen LogP contribution is 2.11. The minimum atomic E-state index is -0.441. The minimum absolute atomic E-state index is 0. The molecule has 1 saturated heterocycles. The zero-order chi connectivity index (χ0) is 21.5. The highest BCUT2D eigenvalue weighted by Gasteiger charge is 2.25. The Balaban J connectivity index is 0.00000841. The van der Waals surface area contributed by atoms with Crippen molar-refractivity contribution in [2.45, 2.75) is 39.2 Å². The van der Waals surface area contributed by atoms with E-state index in [0.717, 1.165) is 64.6 Å². The van der Waals surface area contributed by atoms with Gasteiger partial charge in [-0.1, -0.05) is 0 Å². The van der Waals surface area contributed by atoms with Crippen LogP contribution in [0.5, 0.6) is 0 Å². The number of hydrogen-bond acceptors (Lipinski definition) is 6. The van der Waals surface area contributed by atoms with Crippen LogP contribution in [0.15, 0.2) is 4.99 Å². The molecule has 0 aromatic carbocycles. The summed E-state index contributed by atoms with van der Waals surface area (Å²) in [5, 5.41) is 6.63. The summed E-state index contributed by atoms with van der Waals surface area (Å²) in [4.78, 5) is 20.5. The molecular weight excluding hydrogens is 501 g/mol. The largest absolute Gasteiger partial charge is 0.444 e. The number of nitrogens with zero attached hydrogens (tertiary/aromatic N) is 3. The number of carbonyl (C=O) groups excluding carboxylic acids is 1. The predicted molar refractivity (Wildman–Crippen MR) is 131 cm³/mol. The van der Waals surface area contributed by atoms with Crippen molar-refractivity contribution in [2.75, 3.05) is 79.8 Å². The summed E-state index contributed by atoms with van der Waals surface area (Å²) in [6.07, 6.45) is 1.73. The van der Waals surface area contributed by atoms with Crippen LogP contribution in [0.1, 0.15) is 33.6 Å². The number of guanidine groups is 1. The average Bonchev–Trinajstić information content (AvgIpc) is 2.68. The van der Waals surface area contributed by atoms with Crippen LogP contribution in [-0.4, -0.2) is 107 Å². The maximum atomic E-state index is 12.1. The Bertz CT molecular complexity index is 480. The molecule has 0 bridgehead atoms. The van der Waals surface area contributed by atoms with Gasteiger partial charge in [-0.3, -0.25) is 9.89 Å². The number of amides is 1. The summed E-state index contributed by atoms with van der Waals surface area (Å²) in [5.74, 6) is 0.816. The van der Waals surface area contributed by atoms with Crippen LogP contribution in [0, 0.1) is 0 Å². The van der Waals surface area contributed by atoms with Crippen molar-refractivity contribution in [3.8, 4) is 0 Å². The van der Waals surface area contributed by atoms with E-state index in [1.54, 1.807) is 19.1 Å². The second-order valence-corrected chi connectivity index (χ2v) is 8.05. The molecule has 0 aromatic heterocycles. The molecule has 0 aromatic rings. The standard InChI is InChI=1S/C20H41N5O4.HI/c1-20(2,3)29-19(26)25-13-11-24(12-14-25)10-6-8-22-18(21-4)23-9-7-15-28-17-16-27-5;/h6-17H2,1-5H3,(H2,21,22,23);1H. The van der Waals surface area contributed by atoms with E-state index in [4.69, 9.17) is 14.2 Å². The van der Waals surface area contributed by atoms with Gasteiger partial charge in [-0.05, 0) is 40.2 Å². The van der Waals surface area contributed by atoms with E-state index in [0.29, 0.717) is 19.8 Å². The second-order valence-electron chi connectivity index (χ2n) is 8.05. The molecule has 10 heteroatoms. The monoisotopic (exact) mass is 543 g/mol. The van der Waals surface area contributed by atoms with E-state index in [2.05, 4.69) is 20.5 Å². The number of carbonyl (C=O) groups is 1. The molecule has 0 spiro atoms. The Kier molecular flexibility index (Phi) is 16.3.